The van der Waals surface area contributed by atoms with Crippen LogP contribution in [-0.4, -0.2) is 28.4 Å². The van der Waals surface area contributed by atoms with E-state index in [0.717, 1.165) is 17.7 Å². The molecule has 0 bridgehead atoms. The van der Waals surface area contributed by atoms with Crippen LogP contribution in [0.5, 0.6) is 11.5 Å². The summed E-state index contributed by atoms with van der Waals surface area (Å²) in [5.74, 6) is -0.736. The van der Waals surface area contributed by atoms with Crippen LogP contribution in [0.4, 0.5) is 5.69 Å². The summed E-state index contributed by atoms with van der Waals surface area (Å²) in [6.07, 6.45) is 0.819. The van der Waals surface area contributed by atoms with Crippen molar-refractivity contribution in [1.29, 1.82) is 0 Å². The molecule has 0 unspecified atom stereocenters. The first-order valence-electron chi connectivity index (χ1n) is 10.2. The number of phenolic OH excluding ortho intramolecular Hbond substituents is 2. The number of para-hydroxylation sites is 1. The maximum Gasteiger partial charge on any atom is 0.258 e. The highest BCUT2D eigenvalue weighted by Crippen LogP contribution is 2.34. The van der Waals surface area contributed by atoms with Gasteiger partial charge in [0.2, 0.25) is 0 Å². The molecule has 34 heavy (non-hydrogen) atoms. The van der Waals surface area contributed by atoms with Crippen LogP contribution in [0.25, 0.3) is 0 Å². The van der Waals surface area contributed by atoms with Crippen LogP contribution >= 0.6 is 46.4 Å². The maximum absolute atomic E-state index is 12.8. The van der Waals surface area contributed by atoms with E-state index >= 15 is 0 Å². The van der Waals surface area contributed by atoms with Gasteiger partial charge in [0.25, 0.3) is 5.91 Å². The van der Waals surface area contributed by atoms with Gasteiger partial charge >= 0.3 is 0 Å². The number of aryl methyl sites for hydroxylation is 1. The van der Waals surface area contributed by atoms with Crippen molar-refractivity contribution in [3.63, 3.8) is 0 Å². The number of benzene rings is 3. The highest BCUT2D eigenvalue weighted by atomic mass is 35.5. The lowest BCUT2D eigenvalue weighted by Crippen LogP contribution is -2.32. The fourth-order valence-corrected chi connectivity index (χ4v) is 4.01. The molecule has 0 spiro atoms. The zero-order valence-corrected chi connectivity index (χ0v) is 21.7. The number of aromatic hydroxyl groups is 2. The van der Waals surface area contributed by atoms with Gasteiger partial charge in [-0.2, -0.15) is 0 Å². The summed E-state index contributed by atoms with van der Waals surface area (Å²) in [6.45, 7) is 5.95. The van der Waals surface area contributed by atoms with E-state index in [9.17, 15) is 14.7 Å². The summed E-state index contributed by atoms with van der Waals surface area (Å²) in [5, 5.41) is 19.1. The van der Waals surface area contributed by atoms with Gasteiger partial charge in [0, 0.05) is 23.4 Å². The van der Waals surface area contributed by atoms with Crippen molar-refractivity contribution < 1.29 is 19.8 Å². The molecule has 5 nitrogen and oxygen atoms in total. The normalized spacial score (nSPS) is 10.3. The molecule has 0 aliphatic rings. The summed E-state index contributed by atoms with van der Waals surface area (Å²) in [6, 6.07) is 13.3. The van der Waals surface area contributed by atoms with Crippen LogP contribution in [0.3, 0.4) is 0 Å². The van der Waals surface area contributed by atoms with Crippen molar-refractivity contribution in [3.8, 4) is 11.5 Å². The predicted octanol–water partition coefficient (Wildman–Crippen LogP) is 7.97. The predicted molar refractivity (Wildman–Crippen MR) is 139 cm³/mol. The summed E-state index contributed by atoms with van der Waals surface area (Å²) < 4.78 is 0. The van der Waals surface area contributed by atoms with Crippen LogP contribution in [0.1, 0.15) is 46.5 Å². The Bertz CT molecular complexity index is 1170. The van der Waals surface area contributed by atoms with Crippen LogP contribution in [-0.2, 0) is 0 Å². The zero-order valence-electron chi connectivity index (χ0n) is 18.7. The molecule has 0 aliphatic carbocycles. The second-order valence-electron chi connectivity index (χ2n) is 7.38. The third kappa shape index (κ3) is 6.80. The molecule has 0 aliphatic heterocycles. The van der Waals surface area contributed by atoms with E-state index < -0.39 is 0 Å². The van der Waals surface area contributed by atoms with E-state index in [2.05, 4.69) is 0 Å². The molecule has 0 saturated heterocycles. The van der Waals surface area contributed by atoms with Crippen molar-refractivity contribution in [3.05, 3.63) is 85.3 Å². The number of nitrogens with zero attached hydrogens (tertiary/aromatic N) is 1. The number of amides is 1. The van der Waals surface area contributed by atoms with Crippen LogP contribution in [0, 0.1) is 6.92 Å². The highest BCUT2D eigenvalue weighted by Gasteiger charge is 2.20. The highest BCUT2D eigenvalue weighted by molar-refractivity contribution is 6.38. The Morgan fingerprint density at radius 3 is 1.68 bits per heavy atom. The molecule has 1 amide bonds. The largest absolute Gasteiger partial charge is 0.505 e. The molecule has 0 saturated carbocycles. The Hall–Kier alpha value is -2.44. The van der Waals surface area contributed by atoms with E-state index in [1.807, 2.05) is 38.1 Å². The molecular weight excluding hydrogens is 520 g/mol. The van der Waals surface area contributed by atoms with Gasteiger partial charge in [-0.1, -0.05) is 71.5 Å². The van der Waals surface area contributed by atoms with Gasteiger partial charge in [0.05, 0.1) is 20.1 Å². The van der Waals surface area contributed by atoms with Gasteiger partial charge in [0.15, 0.2) is 17.3 Å². The second-order valence-corrected chi connectivity index (χ2v) is 9.01. The Kier molecular flexibility index (Phi) is 10.1. The molecular formula is C25H23Cl4NO4. The molecule has 2 N–H and O–H groups in total. The van der Waals surface area contributed by atoms with E-state index in [4.69, 9.17) is 51.5 Å². The number of phenols is 2. The lowest BCUT2D eigenvalue weighted by atomic mass is 10.1. The third-order valence-corrected chi connectivity index (χ3v) is 5.94. The number of carbonyl (C=O) groups excluding carboxylic acids is 2. The summed E-state index contributed by atoms with van der Waals surface area (Å²) in [4.78, 5) is 25.4. The standard InChI is InChI=1S/C17H17Cl2NO2.C8H6Cl2O2/c1-3-8-20(15-7-5-4-6-11(15)2)17(22)12-9-13(18)16(21)14(19)10-12;1-4(11)5-2-6(9)8(12)7(10)3-5/h4-7,9-10,21H,3,8H2,1-2H3;2-3,12H,1H3. The number of halogens is 4. The van der Waals surface area contributed by atoms with E-state index in [0.29, 0.717) is 17.7 Å². The molecule has 3 rings (SSSR count). The number of hydrogen-bond acceptors (Lipinski definition) is 4. The molecule has 0 atom stereocenters. The number of ketones is 1. The Morgan fingerprint density at radius 1 is 0.824 bits per heavy atom. The minimum absolute atomic E-state index is 0.0667. The second kappa shape index (κ2) is 12.3. The molecule has 3 aromatic rings. The Labute approximate surface area is 218 Å². The third-order valence-electron chi connectivity index (χ3n) is 4.79. The van der Waals surface area contributed by atoms with Crippen molar-refractivity contribution in [2.75, 3.05) is 11.4 Å². The lowest BCUT2D eigenvalue weighted by molar-refractivity contribution is 0.0984. The zero-order chi connectivity index (χ0) is 25.6. The fourth-order valence-electron chi connectivity index (χ4n) is 3.03. The topological polar surface area (TPSA) is 77.8 Å². The molecule has 9 heteroatoms. The average molecular weight is 543 g/mol. The smallest absolute Gasteiger partial charge is 0.258 e. The minimum atomic E-state index is -0.210. The van der Waals surface area contributed by atoms with E-state index in [1.165, 1.54) is 31.2 Å². The minimum Gasteiger partial charge on any atom is -0.505 e. The van der Waals surface area contributed by atoms with Crippen LogP contribution in [0.2, 0.25) is 20.1 Å². The van der Waals surface area contributed by atoms with Crippen molar-refractivity contribution in [2.24, 2.45) is 0 Å². The Balaban J connectivity index is 0.000000287. The van der Waals surface area contributed by atoms with Gasteiger partial charge < -0.3 is 15.1 Å². The maximum atomic E-state index is 12.8. The molecule has 0 aromatic heterocycles. The van der Waals surface area contributed by atoms with Gasteiger partial charge in [-0.15, -0.1) is 0 Å². The van der Waals surface area contributed by atoms with Crippen LogP contribution < -0.4 is 4.90 Å². The van der Waals surface area contributed by atoms with Gasteiger partial charge in [-0.3, -0.25) is 9.59 Å². The molecule has 0 fully saturated rings. The lowest BCUT2D eigenvalue weighted by Gasteiger charge is -2.24. The van der Waals surface area contributed by atoms with E-state index in [1.54, 1.807) is 4.90 Å². The van der Waals surface area contributed by atoms with Crippen molar-refractivity contribution >= 4 is 63.8 Å². The number of hydrogen-bond donors (Lipinski definition) is 2. The van der Waals surface area contributed by atoms with Crippen LogP contribution in [0.15, 0.2) is 48.5 Å². The number of Topliss-reactive ketones (excluding diaryl/α,β-unsaturated/α-hetero) is 1. The SMILES string of the molecule is CC(=O)c1cc(Cl)c(O)c(Cl)c1.CCCN(C(=O)c1cc(Cl)c(O)c(Cl)c1)c1ccccc1C. The first-order valence-corrected chi connectivity index (χ1v) is 11.7. The van der Waals surface area contributed by atoms with Crippen molar-refractivity contribution in [2.45, 2.75) is 27.2 Å². The average Bonchev–Trinajstić information content (AvgIpc) is 2.79. The van der Waals surface area contributed by atoms with Gasteiger partial charge in [-0.25, -0.2) is 0 Å². The summed E-state index contributed by atoms with van der Waals surface area (Å²) >= 11 is 23.0. The quantitative estimate of drug-likeness (QED) is 0.320. The molecule has 180 valence electrons. The van der Waals surface area contributed by atoms with Crippen molar-refractivity contribution in [1.82, 2.24) is 0 Å². The Morgan fingerprint density at radius 2 is 1.26 bits per heavy atom. The first-order chi connectivity index (χ1) is 16.0. The molecule has 0 radical (unpaired) electrons. The fraction of sp³-hybridized carbons (Fsp3) is 0.200. The van der Waals surface area contributed by atoms with E-state index in [-0.39, 0.29) is 43.3 Å². The summed E-state index contributed by atoms with van der Waals surface area (Å²) in [5.41, 5.74) is 2.61. The van der Waals surface area contributed by atoms with Gasteiger partial charge in [0.1, 0.15) is 0 Å². The summed E-state index contributed by atoms with van der Waals surface area (Å²) in [7, 11) is 0. The monoisotopic (exact) mass is 541 g/mol. The molecule has 0 heterocycles. The number of carbonyl (C=O) groups is 2. The number of anilines is 1. The molecule has 3 aromatic carbocycles. The van der Waals surface area contributed by atoms with Gasteiger partial charge in [-0.05, 0) is 56.2 Å². The number of rotatable bonds is 5. The first kappa shape index (κ1) is 27.8.